The van der Waals surface area contributed by atoms with Crippen LogP contribution in [0.5, 0.6) is 11.5 Å². The smallest absolute Gasteiger partial charge is 0.315 e. The fraction of sp³-hybridized carbons (Fsp3) is 0.316. The van der Waals surface area contributed by atoms with E-state index in [0.717, 1.165) is 35.5 Å². The highest BCUT2D eigenvalue weighted by atomic mass is 16.5. The number of hydrogen-bond acceptors (Lipinski definition) is 3. The van der Waals surface area contributed by atoms with Crippen molar-refractivity contribution in [1.82, 2.24) is 10.6 Å². The lowest BCUT2D eigenvalue weighted by atomic mass is 10.0. The Balaban J connectivity index is 1.45. The van der Waals surface area contributed by atoms with Crippen LogP contribution in [0.2, 0.25) is 0 Å². The van der Waals surface area contributed by atoms with Crippen molar-refractivity contribution in [3.63, 3.8) is 0 Å². The first-order chi connectivity index (χ1) is 11.8. The third-order valence-electron chi connectivity index (χ3n) is 4.09. The van der Waals surface area contributed by atoms with E-state index in [0.29, 0.717) is 13.2 Å². The van der Waals surface area contributed by atoms with Gasteiger partial charge in [-0.05, 0) is 36.1 Å². The van der Waals surface area contributed by atoms with Gasteiger partial charge in [0.05, 0.1) is 13.2 Å². The molecule has 2 aromatic rings. The molecular weight excluding hydrogens is 304 g/mol. The van der Waals surface area contributed by atoms with Gasteiger partial charge >= 0.3 is 6.03 Å². The Kier molecular flexibility index (Phi) is 5.21. The van der Waals surface area contributed by atoms with Gasteiger partial charge < -0.3 is 20.1 Å². The van der Waals surface area contributed by atoms with Crippen LogP contribution in [0.25, 0.3) is 0 Å². The Morgan fingerprint density at radius 3 is 2.88 bits per heavy atom. The zero-order chi connectivity index (χ0) is 16.8. The molecule has 0 saturated carbocycles. The Morgan fingerprint density at radius 1 is 1.21 bits per heavy atom. The minimum atomic E-state index is -0.169. The van der Waals surface area contributed by atoms with E-state index in [1.54, 1.807) is 7.11 Å². The van der Waals surface area contributed by atoms with Crippen LogP contribution in [0.3, 0.4) is 0 Å². The van der Waals surface area contributed by atoms with Crippen LogP contribution in [-0.2, 0) is 12.8 Å². The number of carbonyl (C=O) groups excluding carboxylic acids is 1. The van der Waals surface area contributed by atoms with Crippen molar-refractivity contribution < 1.29 is 14.3 Å². The second-order valence-electron chi connectivity index (χ2n) is 5.78. The van der Waals surface area contributed by atoms with Gasteiger partial charge in [-0.25, -0.2) is 4.79 Å². The van der Waals surface area contributed by atoms with Crippen molar-refractivity contribution in [3.8, 4) is 11.5 Å². The molecule has 0 bridgehead atoms. The molecule has 0 spiro atoms. The Bertz CT molecular complexity index is 703. The summed E-state index contributed by atoms with van der Waals surface area (Å²) in [7, 11) is 1.65. The van der Waals surface area contributed by atoms with Crippen LogP contribution in [0.1, 0.15) is 11.1 Å². The molecule has 2 amide bonds. The number of ether oxygens (including phenoxy) is 2. The van der Waals surface area contributed by atoms with Crippen LogP contribution in [0, 0.1) is 0 Å². The van der Waals surface area contributed by atoms with Crippen LogP contribution >= 0.6 is 0 Å². The lowest BCUT2D eigenvalue weighted by Crippen LogP contribution is -2.47. The molecule has 2 N–H and O–H groups in total. The molecule has 1 atom stereocenters. The van der Waals surface area contributed by atoms with Crippen molar-refractivity contribution in [3.05, 3.63) is 59.7 Å². The Labute approximate surface area is 142 Å². The van der Waals surface area contributed by atoms with E-state index in [9.17, 15) is 4.79 Å². The summed E-state index contributed by atoms with van der Waals surface area (Å²) in [6, 6.07) is 15.6. The highest BCUT2D eigenvalue weighted by Crippen LogP contribution is 2.23. The van der Waals surface area contributed by atoms with Gasteiger partial charge in [0.25, 0.3) is 0 Å². The van der Waals surface area contributed by atoms with Gasteiger partial charge in [0, 0.05) is 6.54 Å². The topological polar surface area (TPSA) is 59.6 Å². The fourth-order valence-electron chi connectivity index (χ4n) is 2.88. The summed E-state index contributed by atoms with van der Waals surface area (Å²) in [6.45, 7) is 1.05. The van der Waals surface area contributed by atoms with Gasteiger partial charge in [0.2, 0.25) is 0 Å². The zero-order valence-electron chi connectivity index (χ0n) is 13.7. The average molecular weight is 326 g/mol. The maximum atomic E-state index is 12.1. The number of benzene rings is 2. The molecule has 0 saturated heterocycles. The predicted molar refractivity (Wildman–Crippen MR) is 92.7 cm³/mol. The second kappa shape index (κ2) is 7.73. The van der Waals surface area contributed by atoms with E-state index < -0.39 is 0 Å². The monoisotopic (exact) mass is 326 g/mol. The van der Waals surface area contributed by atoms with Crippen LogP contribution < -0.4 is 20.1 Å². The van der Waals surface area contributed by atoms with Crippen LogP contribution in [0.4, 0.5) is 4.79 Å². The molecule has 0 fully saturated rings. The van der Waals surface area contributed by atoms with Gasteiger partial charge in [-0.1, -0.05) is 36.4 Å². The summed E-state index contributed by atoms with van der Waals surface area (Å²) in [5.74, 6) is 1.75. The first-order valence-corrected chi connectivity index (χ1v) is 8.13. The molecule has 126 valence electrons. The fourth-order valence-corrected chi connectivity index (χ4v) is 2.88. The van der Waals surface area contributed by atoms with Crippen molar-refractivity contribution in [2.45, 2.75) is 18.9 Å². The summed E-state index contributed by atoms with van der Waals surface area (Å²) < 4.78 is 11.0. The molecule has 5 nitrogen and oxygen atoms in total. The van der Waals surface area contributed by atoms with Crippen molar-refractivity contribution in [2.24, 2.45) is 0 Å². The van der Waals surface area contributed by atoms with E-state index in [4.69, 9.17) is 9.47 Å². The zero-order valence-corrected chi connectivity index (χ0v) is 13.7. The van der Waals surface area contributed by atoms with E-state index in [1.807, 2.05) is 48.5 Å². The van der Waals surface area contributed by atoms with E-state index in [-0.39, 0.29) is 12.1 Å². The maximum absolute atomic E-state index is 12.1. The molecule has 0 aromatic heterocycles. The molecule has 1 heterocycles. The Morgan fingerprint density at radius 2 is 2.00 bits per heavy atom. The van der Waals surface area contributed by atoms with Gasteiger partial charge in [0.1, 0.15) is 18.1 Å². The maximum Gasteiger partial charge on any atom is 0.315 e. The SMILES string of the molecule is COc1ccccc1CCNC(=O)N[C@@H]1COc2ccccc2C1. The number of hydrogen-bond donors (Lipinski definition) is 2. The largest absolute Gasteiger partial charge is 0.496 e. The molecule has 0 radical (unpaired) electrons. The number of methoxy groups -OCH3 is 1. The van der Waals surface area contributed by atoms with E-state index >= 15 is 0 Å². The molecule has 2 aromatic carbocycles. The number of amides is 2. The molecular formula is C19H22N2O3. The van der Waals surface area contributed by atoms with Gasteiger partial charge in [0.15, 0.2) is 0 Å². The number of para-hydroxylation sites is 2. The average Bonchev–Trinajstić information content (AvgIpc) is 2.62. The third kappa shape index (κ3) is 3.98. The molecule has 3 rings (SSSR count). The molecule has 5 heteroatoms. The van der Waals surface area contributed by atoms with E-state index in [1.165, 1.54) is 0 Å². The molecule has 1 aliphatic heterocycles. The highest BCUT2D eigenvalue weighted by molar-refractivity contribution is 5.74. The first kappa shape index (κ1) is 16.2. The summed E-state index contributed by atoms with van der Waals surface area (Å²) in [5.41, 5.74) is 2.21. The summed E-state index contributed by atoms with van der Waals surface area (Å²) >= 11 is 0. The summed E-state index contributed by atoms with van der Waals surface area (Å²) in [4.78, 5) is 12.1. The highest BCUT2D eigenvalue weighted by Gasteiger charge is 2.20. The lowest BCUT2D eigenvalue weighted by Gasteiger charge is -2.26. The van der Waals surface area contributed by atoms with Gasteiger partial charge in [-0.2, -0.15) is 0 Å². The summed E-state index contributed by atoms with van der Waals surface area (Å²) in [6.07, 6.45) is 1.51. The normalized spacial score (nSPS) is 15.8. The van der Waals surface area contributed by atoms with Crippen molar-refractivity contribution in [1.29, 1.82) is 0 Å². The summed E-state index contributed by atoms with van der Waals surface area (Å²) in [5, 5.41) is 5.86. The number of urea groups is 1. The predicted octanol–water partition coefficient (Wildman–Crippen LogP) is 2.54. The van der Waals surface area contributed by atoms with Crippen molar-refractivity contribution >= 4 is 6.03 Å². The molecule has 0 aliphatic carbocycles. The van der Waals surface area contributed by atoms with E-state index in [2.05, 4.69) is 10.6 Å². The van der Waals surface area contributed by atoms with Gasteiger partial charge in [-0.15, -0.1) is 0 Å². The quantitative estimate of drug-likeness (QED) is 0.888. The van der Waals surface area contributed by atoms with Crippen LogP contribution in [-0.4, -0.2) is 32.3 Å². The lowest BCUT2D eigenvalue weighted by molar-refractivity contribution is 0.214. The number of fused-ring (bicyclic) bond motifs is 1. The Hall–Kier alpha value is -2.69. The third-order valence-corrected chi connectivity index (χ3v) is 4.09. The number of nitrogens with one attached hydrogen (secondary N) is 2. The number of carbonyl (C=O) groups is 1. The minimum absolute atomic E-state index is 0.00818. The molecule has 1 aliphatic rings. The van der Waals surface area contributed by atoms with Crippen LogP contribution in [0.15, 0.2) is 48.5 Å². The number of rotatable bonds is 5. The molecule has 24 heavy (non-hydrogen) atoms. The van der Waals surface area contributed by atoms with Gasteiger partial charge in [-0.3, -0.25) is 0 Å². The second-order valence-corrected chi connectivity index (χ2v) is 5.78. The standard InChI is InChI=1S/C19H22N2O3/c1-23-17-8-4-2-6-14(17)10-11-20-19(22)21-16-12-15-7-3-5-9-18(15)24-13-16/h2-9,16H,10-13H2,1H3,(H2,20,21,22)/t16-/m0/s1. The first-order valence-electron chi connectivity index (χ1n) is 8.13. The van der Waals surface area contributed by atoms with Crippen molar-refractivity contribution in [2.75, 3.05) is 20.3 Å². The molecule has 0 unspecified atom stereocenters. The minimum Gasteiger partial charge on any atom is -0.496 e.